The summed E-state index contributed by atoms with van der Waals surface area (Å²) in [6, 6.07) is 6.08. The zero-order valence-corrected chi connectivity index (χ0v) is 10.2. The van der Waals surface area contributed by atoms with Gasteiger partial charge in [-0.05, 0) is 12.1 Å². The minimum absolute atomic E-state index is 0.480. The van der Waals surface area contributed by atoms with E-state index in [0.717, 1.165) is 24.4 Å². The number of nitrogens with one attached hydrogen (secondary N) is 1. The van der Waals surface area contributed by atoms with Crippen LogP contribution in [0.4, 0.5) is 0 Å². The molecule has 1 heterocycles. The number of para-hydroxylation sites is 1. The van der Waals surface area contributed by atoms with Gasteiger partial charge < -0.3 is 9.73 Å². The van der Waals surface area contributed by atoms with Crippen LogP contribution >= 0.6 is 11.6 Å². The molecule has 3 nitrogen and oxygen atoms in total. The van der Waals surface area contributed by atoms with Crippen LogP contribution in [-0.4, -0.2) is 17.6 Å². The van der Waals surface area contributed by atoms with Gasteiger partial charge in [-0.25, -0.2) is 4.98 Å². The Bertz CT molecular complexity index is 479. The highest BCUT2D eigenvalue weighted by atomic mass is 35.5. The summed E-state index contributed by atoms with van der Waals surface area (Å²) >= 11 is 6.01. The van der Waals surface area contributed by atoms with Crippen molar-refractivity contribution in [1.82, 2.24) is 10.3 Å². The number of hydrogen-bond donors (Lipinski definition) is 1. The second-order valence-electron chi connectivity index (χ2n) is 4.05. The number of oxazole rings is 1. The molecule has 2 aromatic rings. The molecule has 86 valence electrons. The summed E-state index contributed by atoms with van der Waals surface area (Å²) in [6.07, 6.45) is 0.781. The third-order valence-corrected chi connectivity index (χ3v) is 2.60. The Morgan fingerprint density at radius 2 is 2.25 bits per heavy atom. The van der Waals surface area contributed by atoms with Gasteiger partial charge in [0.2, 0.25) is 0 Å². The first-order chi connectivity index (χ1) is 7.66. The lowest BCUT2D eigenvalue weighted by molar-refractivity contribution is 0.501. The van der Waals surface area contributed by atoms with E-state index in [2.05, 4.69) is 24.1 Å². The average molecular weight is 239 g/mol. The standard InChI is InChI=1S/C12H15ClN2O/c1-8(2)14-7-6-11-15-10-5-3-4-9(13)12(10)16-11/h3-5,8,14H,6-7H2,1-2H3. The Morgan fingerprint density at radius 3 is 2.94 bits per heavy atom. The van der Waals surface area contributed by atoms with Crippen molar-refractivity contribution < 1.29 is 4.42 Å². The molecule has 0 aliphatic carbocycles. The third kappa shape index (κ3) is 2.54. The maximum absolute atomic E-state index is 6.01. The summed E-state index contributed by atoms with van der Waals surface area (Å²) < 4.78 is 5.60. The molecule has 4 heteroatoms. The van der Waals surface area contributed by atoms with Gasteiger partial charge in [0.25, 0.3) is 0 Å². The molecule has 0 saturated carbocycles. The van der Waals surface area contributed by atoms with Crippen LogP contribution in [0.1, 0.15) is 19.7 Å². The van der Waals surface area contributed by atoms with E-state index in [4.69, 9.17) is 16.0 Å². The Labute approximate surface area is 99.8 Å². The molecule has 0 amide bonds. The summed E-state index contributed by atoms with van der Waals surface area (Å²) in [7, 11) is 0. The number of aromatic nitrogens is 1. The average Bonchev–Trinajstić information content (AvgIpc) is 2.61. The van der Waals surface area contributed by atoms with Gasteiger partial charge in [-0.15, -0.1) is 0 Å². The van der Waals surface area contributed by atoms with E-state index in [1.165, 1.54) is 0 Å². The number of hydrogen-bond acceptors (Lipinski definition) is 3. The summed E-state index contributed by atoms with van der Waals surface area (Å²) in [5, 5.41) is 3.94. The van der Waals surface area contributed by atoms with E-state index < -0.39 is 0 Å². The summed E-state index contributed by atoms with van der Waals surface area (Å²) in [6.45, 7) is 5.09. The van der Waals surface area contributed by atoms with Gasteiger partial charge in [-0.1, -0.05) is 31.5 Å². The summed E-state index contributed by atoms with van der Waals surface area (Å²) in [5.41, 5.74) is 1.51. The molecule has 0 spiro atoms. The van der Waals surface area contributed by atoms with E-state index in [1.54, 1.807) is 0 Å². The lowest BCUT2D eigenvalue weighted by Gasteiger charge is -2.04. The van der Waals surface area contributed by atoms with Gasteiger partial charge in [0.05, 0.1) is 5.02 Å². The van der Waals surface area contributed by atoms with Gasteiger partial charge in [-0.3, -0.25) is 0 Å². The maximum atomic E-state index is 6.01. The lowest BCUT2D eigenvalue weighted by atomic mass is 10.3. The monoisotopic (exact) mass is 238 g/mol. The van der Waals surface area contributed by atoms with Crippen LogP contribution in [0.15, 0.2) is 22.6 Å². The fraction of sp³-hybridized carbons (Fsp3) is 0.417. The van der Waals surface area contributed by atoms with Crippen molar-refractivity contribution in [2.24, 2.45) is 0 Å². The molecule has 0 bridgehead atoms. The highest BCUT2D eigenvalue weighted by Crippen LogP contribution is 2.23. The molecule has 1 aromatic heterocycles. The predicted molar refractivity (Wildman–Crippen MR) is 65.9 cm³/mol. The van der Waals surface area contributed by atoms with Crippen LogP contribution < -0.4 is 5.32 Å². The van der Waals surface area contributed by atoms with Gasteiger partial charge in [0.15, 0.2) is 11.5 Å². The first-order valence-electron chi connectivity index (χ1n) is 5.44. The second kappa shape index (κ2) is 4.85. The highest BCUT2D eigenvalue weighted by molar-refractivity contribution is 6.34. The molecule has 1 aromatic carbocycles. The van der Waals surface area contributed by atoms with E-state index in [0.29, 0.717) is 16.6 Å². The maximum Gasteiger partial charge on any atom is 0.196 e. The van der Waals surface area contributed by atoms with Crippen molar-refractivity contribution in [1.29, 1.82) is 0 Å². The predicted octanol–water partition coefficient (Wildman–Crippen LogP) is 3.02. The highest BCUT2D eigenvalue weighted by Gasteiger charge is 2.08. The van der Waals surface area contributed by atoms with Crippen molar-refractivity contribution >= 4 is 22.7 Å². The summed E-state index contributed by atoms with van der Waals surface area (Å²) in [4.78, 5) is 4.38. The van der Waals surface area contributed by atoms with Gasteiger partial charge in [-0.2, -0.15) is 0 Å². The largest absolute Gasteiger partial charge is 0.439 e. The molecule has 1 N–H and O–H groups in total. The number of halogens is 1. The van der Waals surface area contributed by atoms with E-state index in [-0.39, 0.29) is 0 Å². The van der Waals surface area contributed by atoms with Crippen LogP contribution in [0.5, 0.6) is 0 Å². The minimum Gasteiger partial charge on any atom is -0.439 e. The quantitative estimate of drug-likeness (QED) is 0.890. The topological polar surface area (TPSA) is 38.1 Å². The Morgan fingerprint density at radius 1 is 1.44 bits per heavy atom. The molecule has 2 rings (SSSR count). The van der Waals surface area contributed by atoms with E-state index in [1.807, 2.05) is 18.2 Å². The SMILES string of the molecule is CC(C)NCCc1nc2cccc(Cl)c2o1. The third-order valence-electron chi connectivity index (χ3n) is 2.30. The van der Waals surface area contributed by atoms with Crippen LogP contribution in [0, 0.1) is 0 Å². The zero-order valence-electron chi connectivity index (χ0n) is 9.46. The molecule has 0 unspecified atom stereocenters. The molecule has 0 saturated heterocycles. The molecule has 0 atom stereocenters. The van der Waals surface area contributed by atoms with Crippen LogP contribution in [0.2, 0.25) is 5.02 Å². The van der Waals surface area contributed by atoms with Gasteiger partial charge >= 0.3 is 0 Å². The second-order valence-corrected chi connectivity index (χ2v) is 4.46. The van der Waals surface area contributed by atoms with Gasteiger partial charge in [0.1, 0.15) is 5.52 Å². The van der Waals surface area contributed by atoms with Crippen LogP contribution in [-0.2, 0) is 6.42 Å². The van der Waals surface area contributed by atoms with E-state index >= 15 is 0 Å². The number of benzene rings is 1. The molecule has 0 aliphatic heterocycles. The number of fused-ring (bicyclic) bond motifs is 1. The molecular formula is C12H15ClN2O. The first kappa shape index (κ1) is 11.4. The number of rotatable bonds is 4. The zero-order chi connectivity index (χ0) is 11.5. The molecule has 16 heavy (non-hydrogen) atoms. The summed E-state index contributed by atoms with van der Waals surface area (Å²) in [5.74, 6) is 0.733. The minimum atomic E-state index is 0.480. The molecule has 0 aliphatic rings. The van der Waals surface area contributed by atoms with E-state index in [9.17, 15) is 0 Å². The van der Waals surface area contributed by atoms with Crippen molar-refractivity contribution in [2.75, 3.05) is 6.54 Å². The van der Waals surface area contributed by atoms with Crippen LogP contribution in [0.25, 0.3) is 11.1 Å². The number of nitrogens with zero attached hydrogens (tertiary/aromatic N) is 1. The fourth-order valence-corrected chi connectivity index (χ4v) is 1.74. The van der Waals surface area contributed by atoms with Gasteiger partial charge in [0, 0.05) is 19.0 Å². The van der Waals surface area contributed by atoms with Crippen LogP contribution in [0.3, 0.4) is 0 Å². The fourth-order valence-electron chi connectivity index (χ4n) is 1.54. The molecular weight excluding hydrogens is 224 g/mol. The normalized spacial score (nSPS) is 11.5. The molecule has 0 radical (unpaired) electrons. The Hall–Kier alpha value is -1.06. The Kier molecular flexibility index (Phi) is 3.46. The van der Waals surface area contributed by atoms with Crippen molar-refractivity contribution in [3.8, 4) is 0 Å². The van der Waals surface area contributed by atoms with Crippen molar-refractivity contribution in [2.45, 2.75) is 26.3 Å². The lowest BCUT2D eigenvalue weighted by Crippen LogP contribution is -2.24. The first-order valence-corrected chi connectivity index (χ1v) is 5.82. The van der Waals surface area contributed by atoms with Crippen molar-refractivity contribution in [3.63, 3.8) is 0 Å². The van der Waals surface area contributed by atoms with Crippen molar-refractivity contribution in [3.05, 3.63) is 29.1 Å². The molecule has 0 fully saturated rings. The Balaban J connectivity index is 2.11. The smallest absolute Gasteiger partial charge is 0.196 e.